The van der Waals surface area contributed by atoms with Gasteiger partial charge in [0.15, 0.2) is 0 Å². The molecule has 0 aromatic carbocycles. The van der Waals surface area contributed by atoms with Crippen LogP contribution in [0.25, 0.3) is 0 Å². The van der Waals surface area contributed by atoms with Crippen LogP contribution in [0.2, 0.25) is 0 Å². The van der Waals surface area contributed by atoms with Gasteiger partial charge < -0.3 is 15.0 Å². The minimum absolute atomic E-state index is 0.294. The zero-order valence-corrected chi connectivity index (χ0v) is 12.9. The number of hydrogen-bond donors (Lipinski definition) is 1. The molecule has 2 rings (SSSR count). The molecule has 1 unspecified atom stereocenters. The predicted molar refractivity (Wildman–Crippen MR) is 83.0 cm³/mol. The Hall–Kier alpha value is -1.13. The van der Waals surface area contributed by atoms with Crippen LogP contribution in [0.15, 0.2) is 18.5 Å². The minimum atomic E-state index is 0.294. The summed E-state index contributed by atoms with van der Waals surface area (Å²) < 4.78 is 5.73. The Kier molecular flexibility index (Phi) is 5.80. The van der Waals surface area contributed by atoms with Gasteiger partial charge in [0.1, 0.15) is 0 Å². The van der Waals surface area contributed by atoms with Gasteiger partial charge in [-0.2, -0.15) is 0 Å². The van der Waals surface area contributed by atoms with Crippen molar-refractivity contribution in [3.05, 3.63) is 24.0 Å². The molecule has 20 heavy (non-hydrogen) atoms. The monoisotopic (exact) mass is 277 g/mol. The average molecular weight is 277 g/mol. The summed E-state index contributed by atoms with van der Waals surface area (Å²) in [5.74, 6) is 0.668. The van der Waals surface area contributed by atoms with E-state index in [4.69, 9.17) is 4.74 Å². The van der Waals surface area contributed by atoms with Crippen LogP contribution in [0.3, 0.4) is 0 Å². The predicted octanol–water partition coefficient (Wildman–Crippen LogP) is 2.44. The van der Waals surface area contributed by atoms with Crippen molar-refractivity contribution in [2.75, 3.05) is 31.1 Å². The van der Waals surface area contributed by atoms with Crippen LogP contribution in [-0.4, -0.2) is 37.3 Å². The van der Waals surface area contributed by atoms with Crippen molar-refractivity contribution in [2.24, 2.45) is 5.92 Å². The summed E-state index contributed by atoms with van der Waals surface area (Å²) in [5.41, 5.74) is 2.58. The molecule has 4 nitrogen and oxygen atoms in total. The zero-order valence-electron chi connectivity index (χ0n) is 12.9. The van der Waals surface area contributed by atoms with Crippen molar-refractivity contribution in [3.8, 4) is 0 Å². The molecule has 1 saturated heterocycles. The summed E-state index contributed by atoms with van der Waals surface area (Å²) in [6.07, 6.45) is 5.25. The van der Waals surface area contributed by atoms with Crippen molar-refractivity contribution in [1.29, 1.82) is 0 Å². The molecule has 2 heterocycles. The molecule has 0 saturated carbocycles. The van der Waals surface area contributed by atoms with E-state index in [0.29, 0.717) is 12.0 Å². The van der Waals surface area contributed by atoms with Crippen LogP contribution in [0.5, 0.6) is 0 Å². The van der Waals surface area contributed by atoms with E-state index in [1.165, 1.54) is 11.3 Å². The third kappa shape index (κ3) is 4.46. The maximum atomic E-state index is 5.73. The number of anilines is 1. The maximum absolute atomic E-state index is 5.73. The third-order valence-corrected chi connectivity index (χ3v) is 3.54. The topological polar surface area (TPSA) is 37.4 Å². The van der Waals surface area contributed by atoms with Crippen LogP contribution in [0.1, 0.15) is 32.8 Å². The standard InChI is InChI=1S/C16H27N3O/c1-13(2)9-18-11-15-10-17-6-5-16(15)19-7-4-8-20-14(3)12-19/h5-6,10,13-14,18H,4,7-9,11-12H2,1-3H3. The fourth-order valence-electron chi connectivity index (χ4n) is 2.57. The second-order valence-corrected chi connectivity index (χ2v) is 6.01. The SMILES string of the molecule is CC(C)CNCc1cnccc1N1CCCOC(C)C1. The summed E-state index contributed by atoms with van der Waals surface area (Å²) >= 11 is 0. The number of aromatic nitrogens is 1. The summed E-state index contributed by atoms with van der Waals surface area (Å²) in [4.78, 5) is 6.72. The van der Waals surface area contributed by atoms with Gasteiger partial charge in [-0.1, -0.05) is 13.8 Å². The Morgan fingerprint density at radius 1 is 1.50 bits per heavy atom. The highest BCUT2D eigenvalue weighted by molar-refractivity contribution is 5.52. The Morgan fingerprint density at radius 2 is 2.35 bits per heavy atom. The van der Waals surface area contributed by atoms with Crippen molar-refractivity contribution < 1.29 is 4.74 Å². The number of pyridine rings is 1. The first-order valence-corrected chi connectivity index (χ1v) is 7.67. The molecule has 0 aliphatic carbocycles. The van der Waals surface area contributed by atoms with Crippen LogP contribution < -0.4 is 10.2 Å². The van der Waals surface area contributed by atoms with E-state index in [1.54, 1.807) is 0 Å². The van der Waals surface area contributed by atoms with E-state index < -0.39 is 0 Å². The molecular weight excluding hydrogens is 250 g/mol. The van der Waals surface area contributed by atoms with E-state index in [9.17, 15) is 0 Å². The van der Waals surface area contributed by atoms with Gasteiger partial charge in [-0.25, -0.2) is 0 Å². The highest BCUT2D eigenvalue weighted by atomic mass is 16.5. The van der Waals surface area contributed by atoms with Crippen LogP contribution in [-0.2, 0) is 11.3 Å². The molecule has 0 spiro atoms. The van der Waals surface area contributed by atoms with E-state index in [-0.39, 0.29) is 0 Å². The average Bonchev–Trinajstić information content (AvgIpc) is 2.63. The number of nitrogens with zero attached hydrogens (tertiary/aromatic N) is 2. The van der Waals surface area contributed by atoms with Gasteiger partial charge >= 0.3 is 0 Å². The summed E-state index contributed by atoms with van der Waals surface area (Å²) in [6.45, 7) is 11.4. The smallest absolute Gasteiger partial charge is 0.0721 e. The van der Waals surface area contributed by atoms with E-state index >= 15 is 0 Å². The number of nitrogens with one attached hydrogen (secondary N) is 1. The third-order valence-electron chi connectivity index (χ3n) is 3.54. The first-order chi connectivity index (χ1) is 9.66. The van der Waals surface area contributed by atoms with Crippen LogP contribution >= 0.6 is 0 Å². The van der Waals surface area contributed by atoms with Crippen molar-refractivity contribution in [3.63, 3.8) is 0 Å². The number of ether oxygens (including phenoxy) is 1. The molecule has 1 aliphatic rings. The van der Waals surface area contributed by atoms with E-state index in [0.717, 1.165) is 39.2 Å². The molecule has 1 fully saturated rings. The highest BCUT2D eigenvalue weighted by Crippen LogP contribution is 2.21. The second kappa shape index (κ2) is 7.60. The second-order valence-electron chi connectivity index (χ2n) is 6.01. The van der Waals surface area contributed by atoms with Gasteiger partial charge in [0, 0.05) is 49.9 Å². The Bertz CT molecular complexity index is 408. The van der Waals surface area contributed by atoms with Gasteiger partial charge in [0.2, 0.25) is 0 Å². The quantitative estimate of drug-likeness (QED) is 0.897. The fourth-order valence-corrected chi connectivity index (χ4v) is 2.57. The molecule has 1 aromatic heterocycles. The lowest BCUT2D eigenvalue weighted by atomic mass is 10.1. The van der Waals surface area contributed by atoms with E-state index in [2.05, 4.69) is 42.0 Å². The number of hydrogen-bond acceptors (Lipinski definition) is 4. The molecule has 0 radical (unpaired) electrons. The molecule has 0 bridgehead atoms. The molecule has 1 aliphatic heterocycles. The Morgan fingerprint density at radius 3 is 3.15 bits per heavy atom. The highest BCUT2D eigenvalue weighted by Gasteiger charge is 2.17. The minimum Gasteiger partial charge on any atom is -0.377 e. The van der Waals surface area contributed by atoms with Crippen molar-refractivity contribution in [2.45, 2.75) is 39.8 Å². The first kappa shape index (κ1) is 15.3. The molecule has 1 N–H and O–H groups in total. The fraction of sp³-hybridized carbons (Fsp3) is 0.688. The van der Waals surface area contributed by atoms with Gasteiger partial charge in [0.25, 0.3) is 0 Å². The summed E-state index contributed by atoms with van der Waals surface area (Å²) in [7, 11) is 0. The van der Waals surface area contributed by atoms with Crippen molar-refractivity contribution in [1.82, 2.24) is 10.3 Å². The van der Waals surface area contributed by atoms with E-state index in [1.807, 2.05) is 12.4 Å². The molecule has 4 heteroatoms. The maximum Gasteiger partial charge on any atom is 0.0721 e. The van der Waals surface area contributed by atoms with Crippen LogP contribution in [0.4, 0.5) is 5.69 Å². The lowest BCUT2D eigenvalue weighted by Crippen LogP contribution is -2.31. The molecule has 1 aromatic rings. The van der Waals surface area contributed by atoms with Gasteiger partial charge in [-0.15, -0.1) is 0 Å². The number of rotatable bonds is 5. The summed E-state index contributed by atoms with van der Waals surface area (Å²) in [5, 5.41) is 3.51. The van der Waals surface area contributed by atoms with Gasteiger partial charge in [0.05, 0.1) is 6.10 Å². The largest absolute Gasteiger partial charge is 0.377 e. The molecule has 1 atom stereocenters. The lowest BCUT2D eigenvalue weighted by Gasteiger charge is -2.26. The van der Waals surface area contributed by atoms with Crippen molar-refractivity contribution >= 4 is 5.69 Å². The van der Waals surface area contributed by atoms with Gasteiger partial charge in [-0.3, -0.25) is 4.98 Å². The summed E-state index contributed by atoms with van der Waals surface area (Å²) in [6, 6.07) is 2.13. The van der Waals surface area contributed by atoms with Crippen LogP contribution in [0, 0.1) is 5.92 Å². The molecular formula is C16H27N3O. The first-order valence-electron chi connectivity index (χ1n) is 7.67. The lowest BCUT2D eigenvalue weighted by molar-refractivity contribution is 0.0821. The normalized spacial score (nSPS) is 20.2. The molecule has 0 amide bonds. The zero-order chi connectivity index (χ0) is 14.4. The Labute approximate surface area is 122 Å². The molecule has 112 valence electrons. The Balaban J connectivity index is 2.05. The van der Waals surface area contributed by atoms with Gasteiger partial charge in [-0.05, 0) is 31.9 Å².